The molecule has 4 nitrogen and oxygen atoms in total. The molecule has 0 radical (unpaired) electrons. The molecule has 5 heteroatoms. The zero-order chi connectivity index (χ0) is 12.6. The smallest absolute Gasteiger partial charge is 0.151 e. The molecular formula is C12H16N2O2S. The van der Waals surface area contributed by atoms with Crippen molar-refractivity contribution in [3.63, 3.8) is 0 Å². The summed E-state index contributed by atoms with van der Waals surface area (Å²) in [5, 5.41) is 0.964. The van der Waals surface area contributed by atoms with Crippen molar-refractivity contribution >= 4 is 26.4 Å². The van der Waals surface area contributed by atoms with Gasteiger partial charge in [0.15, 0.2) is 9.84 Å². The number of anilines is 1. The molecule has 1 aromatic heterocycles. The second kappa shape index (κ2) is 4.07. The predicted molar refractivity (Wildman–Crippen MR) is 70.6 cm³/mol. The largest absolute Gasteiger partial charge is 0.399 e. The minimum Gasteiger partial charge on any atom is -0.399 e. The van der Waals surface area contributed by atoms with Crippen LogP contribution in [-0.2, 0) is 22.1 Å². The van der Waals surface area contributed by atoms with E-state index in [1.54, 1.807) is 6.07 Å². The van der Waals surface area contributed by atoms with E-state index in [9.17, 15) is 8.42 Å². The van der Waals surface area contributed by atoms with E-state index >= 15 is 0 Å². The van der Waals surface area contributed by atoms with E-state index in [-0.39, 0.29) is 5.75 Å². The Balaban J connectivity index is 2.65. The van der Waals surface area contributed by atoms with E-state index in [2.05, 4.69) is 0 Å². The topological polar surface area (TPSA) is 65.1 Å². The van der Waals surface area contributed by atoms with Crippen molar-refractivity contribution in [1.82, 2.24) is 4.57 Å². The number of nitrogens with two attached hydrogens (primary N) is 1. The fraction of sp³-hybridized carbons (Fsp3) is 0.333. The first-order valence-corrected chi connectivity index (χ1v) is 7.51. The molecule has 0 aliphatic heterocycles. The third kappa shape index (κ3) is 2.44. The summed E-state index contributed by atoms with van der Waals surface area (Å²) in [6.07, 6.45) is 3.14. The van der Waals surface area contributed by atoms with Crippen molar-refractivity contribution in [2.45, 2.75) is 19.2 Å². The van der Waals surface area contributed by atoms with Crippen LogP contribution in [0.15, 0.2) is 24.4 Å². The van der Waals surface area contributed by atoms with E-state index in [1.165, 1.54) is 6.26 Å². The predicted octanol–water partition coefficient (Wildman–Crippen LogP) is 1.79. The summed E-state index contributed by atoms with van der Waals surface area (Å²) >= 11 is 0. The average Bonchev–Trinajstić information content (AvgIpc) is 2.53. The highest BCUT2D eigenvalue weighted by molar-refractivity contribution is 7.89. The molecule has 0 aliphatic carbocycles. The minimum absolute atomic E-state index is 0.0699. The van der Waals surface area contributed by atoms with Crippen LogP contribution in [0, 0.1) is 0 Å². The maximum absolute atomic E-state index is 11.4. The number of nitrogens with zero attached hydrogens (tertiary/aromatic N) is 1. The summed E-state index contributed by atoms with van der Waals surface area (Å²) in [5.41, 5.74) is 8.27. The third-order valence-corrected chi connectivity index (χ3v) is 3.58. The molecule has 0 aliphatic rings. The molecule has 2 N–H and O–H groups in total. The summed E-state index contributed by atoms with van der Waals surface area (Å²) < 4.78 is 24.8. The van der Waals surface area contributed by atoms with Crippen LogP contribution in [0.5, 0.6) is 0 Å². The summed E-state index contributed by atoms with van der Waals surface area (Å²) in [7, 11) is -3.02. The van der Waals surface area contributed by atoms with Gasteiger partial charge < -0.3 is 10.3 Å². The van der Waals surface area contributed by atoms with E-state index < -0.39 is 9.84 Å². The molecule has 2 rings (SSSR count). The van der Waals surface area contributed by atoms with Crippen molar-refractivity contribution in [2.75, 3.05) is 12.0 Å². The molecular weight excluding hydrogens is 236 g/mol. The van der Waals surface area contributed by atoms with Crippen LogP contribution >= 0.6 is 0 Å². The molecule has 0 atom stereocenters. The maximum atomic E-state index is 11.4. The maximum Gasteiger partial charge on any atom is 0.151 e. The van der Waals surface area contributed by atoms with Gasteiger partial charge in [0, 0.05) is 30.1 Å². The molecule has 17 heavy (non-hydrogen) atoms. The number of aryl methyl sites for hydroxylation is 1. The number of fused-ring (bicyclic) bond motifs is 1. The Hall–Kier alpha value is -1.49. The number of nitrogen functional groups attached to an aromatic ring is 1. The Morgan fingerprint density at radius 1 is 1.35 bits per heavy atom. The van der Waals surface area contributed by atoms with Gasteiger partial charge in [0.25, 0.3) is 0 Å². The van der Waals surface area contributed by atoms with Crippen LogP contribution in [0.3, 0.4) is 0 Å². The number of aromatic nitrogens is 1. The number of rotatable bonds is 3. The summed E-state index contributed by atoms with van der Waals surface area (Å²) in [5.74, 6) is 0.0699. The lowest BCUT2D eigenvalue weighted by molar-refractivity contribution is 0.601. The van der Waals surface area contributed by atoms with E-state index in [1.807, 2.05) is 29.8 Å². The molecule has 0 fully saturated rings. The van der Waals surface area contributed by atoms with Gasteiger partial charge in [0.1, 0.15) is 0 Å². The SMILES string of the molecule is CCn1cc(CS(C)(=O)=O)c2ccc(N)cc21. The normalized spacial score (nSPS) is 12.1. The fourth-order valence-electron chi connectivity index (χ4n) is 2.04. The van der Waals surface area contributed by atoms with Crippen molar-refractivity contribution in [2.24, 2.45) is 0 Å². The van der Waals surface area contributed by atoms with Crippen LogP contribution < -0.4 is 5.73 Å². The van der Waals surface area contributed by atoms with Gasteiger partial charge in [-0.3, -0.25) is 0 Å². The Bertz CT molecular complexity index is 656. The van der Waals surface area contributed by atoms with Crippen molar-refractivity contribution in [1.29, 1.82) is 0 Å². The minimum atomic E-state index is -3.02. The molecule has 0 amide bonds. The second-order valence-electron chi connectivity index (χ2n) is 4.29. The number of benzene rings is 1. The molecule has 1 heterocycles. The van der Waals surface area contributed by atoms with Gasteiger partial charge >= 0.3 is 0 Å². The van der Waals surface area contributed by atoms with Gasteiger partial charge in [-0.25, -0.2) is 8.42 Å². The first kappa shape index (κ1) is 12.0. The first-order chi connectivity index (χ1) is 7.90. The van der Waals surface area contributed by atoms with E-state index in [0.717, 1.165) is 23.0 Å². The molecule has 0 unspecified atom stereocenters. The Labute approximate surface area is 101 Å². The average molecular weight is 252 g/mol. The highest BCUT2D eigenvalue weighted by atomic mass is 32.2. The highest BCUT2D eigenvalue weighted by Gasteiger charge is 2.12. The molecule has 92 valence electrons. The fourth-order valence-corrected chi connectivity index (χ4v) is 2.84. The van der Waals surface area contributed by atoms with Crippen molar-refractivity contribution in [3.05, 3.63) is 30.0 Å². The highest BCUT2D eigenvalue weighted by Crippen LogP contribution is 2.25. The lowest BCUT2D eigenvalue weighted by Gasteiger charge is -2.00. The number of sulfone groups is 1. The second-order valence-corrected chi connectivity index (χ2v) is 6.43. The monoisotopic (exact) mass is 252 g/mol. The molecule has 1 aromatic carbocycles. The summed E-state index contributed by atoms with van der Waals surface area (Å²) in [6.45, 7) is 2.82. The summed E-state index contributed by atoms with van der Waals surface area (Å²) in [4.78, 5) is 0. The Morgan fingerprint density at radius 2 is 2.06 bits per heavy atom. The van der Waals surface area contributed by atoms with Crippen LogP contribution in [0.1, 0.15) is 12.5 Å². The van der Waals surface area contributed by atoms with E-state index in [0.29, 0.717) is 5.69 Å². The third-order valence-electron chi connectivity index (χ3n) is 2.75. The van der Waals surface area contributed by atoms with Gasteiger partial charge in [-0.05, 0) is 24.6 Å². The molecule has 0 bridgehead atoms. The Morgan fingerprint density at radius 3 is 2.65 bits per heavy atom. The molecule has 2 aromatic rings. The Kier molecular flexibility index (Phi) is 2.87. The zero-order valence-electron chi connectivity index (χ0n) is 9.97. The van der Waals surface area contributed by atoms with E-state index in [4.69, 9.17) is 5.73 Å². The van der Waals surface area contributed by atoms with Crippen LogP contribution in [0.4, 0.5) is 5.69 Å². The van der Waals surface area contributed by atoms with Crippen molar-refractivity contribution in [3.8, 4) is 0 Å². The molecule has 0 spiro atoms. The van der Waals surface area contributed by atoms with Crippen molar-refractivity contribution < 1.29 is 8.42 Å². The quantitative estimate of drug-likeness (QED) is 0.847. The first-order valence-electron chi connectivity index (χ1n) is 5.45. The van der Waals surface area contributed by atoms with Gasteiger partial charge in [-0.15, -0.1) is 0 Å². The lowest BCUT2D eigenvalue weighted by Crippen LogP contribution is -2.00. The zero-order valence-corrected chi connectivity index (χ0v) is 10.8. The van der Waals surface area contributed by atoms with Gasteiger partial charge in [-0.1, -0.05) is 6.07 Å². The van der Waals surface area contributed by atoms with Gasteiger partial charge in [0.2, 0.25) is 0 Å². The van der Waals surface area contributed by atoms with Crippen LogP contribution in [-0.4, -0.2) is 19.2 Å². The summed E-state index contributed by atoms with van der Waals surface area (Å²) in [6, 6.07) is 5.57. The molecule has 0 saturated heterocycles. The van der Waals surface area contributed by atoms with Crippen LogP contribution in [0.2, 0.25) is 0 Å². The lowest BCUT2D eigenvalue weighted by atomic mass is 10.2. The number of hydrogen-bond acceptors (Lipinski definition) is 3. The van der Waals surface area contributed by atoms with Gasteiger partial charge in [-0.2, -0.15) is 0 Å². The van der Waals surface area contributed by atoms with Gasteiger partial charge in [0.05, 0.1) is 11.3 Å². The standard InChI is InChI=1S/C12H16N2O2S/c1-3-14-7-9(8-17(2,15)16)11-5-4-10(13)6-12(11)14/h4-7H,3,8,13H2,1-2H3. The number of hydrogen-bond donors (Lipinski definition) is 1. The van der Waals surface area contributed by atoms with Crippen LogP contribution in [0.25, 0.3) is 10.9 Å². The molecule has 0 saturated carbocycles.